The Hall–Kier alpha value is -2.72. The monoisotopic (exact) mass is 306 g/mol. The molecule has 116 valence electrons. The van der Waals surface area contributed by atoms with Crippen LogP contribution in [0.1, 0.15) is 22.6 Å². The minimum Gasteiger partial charge on any atom is -0.396 e. The summed E-state index contributed by atoms with van der Waals surface area (Å²) in [6.45, 7) is 3.87. The highest BCUT2D eigenvalue weighted by molar-refractivity contribution is 6.12. The first-order valence-corrected chi connectivity index (χ1v) is 7.52. The molecule has 4 nitrogen and oxygen atoms in total. The molecule has 2 aromatic rings. The minimum atomic E-state index is -0.374. The van der Waals surface area contributed by atoms with Gasteiger partial charge in [-0.25, -0.2) is 0 Å². The maximum atomic E-state index is 12.1. The number of nitrogens with zero attached hydrogens (tertiary/aromatic N) is 1. The van der Waals surface area contributed by atoms with Crippen molar-refractivity contribution >= 4 is 29.6 Å². The maximum absolute atomic E-state index is 12.1. The third kappa shape index (κ3) is 3.22. The quantitative estimate of drug-likeness (QED) is 0.833. The van der Waals surface area contributed by atoms with Gasteiger partial charge in [0.1, 0.15) is 5.92 Å². The largest absolute Gasteiger partial charge is 0.396 e. The molecule has 0 saturated heterocycles. The van der Waals surface area contributed by atoms with Gasteiger partial charge in [0, 0.05) is 18.5 Å². The Morgan fingerprint density at radius 1 is 1.22 bits per heavy atom. The van der Waals surface area contributed by atoms with E-state index in [0.29, 0.717) is 6.42 Å². The van der Waals surface area contributed by atoms with Crippen molar-refractivity contribution in [3.8, 4) is 0 Å². The van der Waals surface area contributed by atoms with Crippen molar-refractivity contribution in [3.63, 3.8) is 0 Å². The van der Waals surface area contributed by atoms with E-state index in [1.54, 1.807) is 12.3 Å². The molecule has 2 aromatic carbocycles. The second-order valence-corrected chi connectivity index (χ2v) is 5.44. The van der Waals surface area contributed by atoms with Gasteiger partial charge >= 0.3 is 0 Å². The number of hydrogen-bond donors (Lipinski definition) is 2. The van der Waals surface area contributed by atoms with Crippen LogP contribution in [0.15, 0.2) is 54.0 Å². The number of carbonyl (C=O) groups is 1. The van der Waals surface area contributed by atoms with Crippen LogP contribution in [0.5, 0.6) is 0 Å². The molecule has 1 aliphatic heterocycles. The molecule has 1 heterocycles. The van der Waals surface area contributed by atoms with Crippen molar-refractivity contribution in [3.05, 3.63) is 65.7 Å². The first kappa shape index (κ1) is 15.2. The number of anilines is 1. The van der Waals surface area contributed by atoms with Gasteiger partial charge in [0.15, 0.2) is 0 Å². The Kier molecular flexibility index (Phi) is 4.35. The molecular formula is C19H18N2O2. The Labute approximate surface area is 135 Å². The smallest absolute Gasteiger partial charge is 0.237 e. The average Bonchev–Trinajstić information content (AvgIpc) is 2.89. The van der Waals surface area contributed by atoms with Gasteiger partial charge in [-0.1, -0.05) is 36.9 Å². The lowest BCUT2D eigenvalue weighted by atomic mass is 10.0. The van der Waals surface area contributed by atoms with Gasteiger partial charge in [-0.05, 0) is 41.3 Å². The number of rotatable bonds is 5. The number of hydrogen-bond acceptors (Lipinski definition) is 3. The molecule has 1 aliphatic rings. The van der Waals surface area contributed by atoms with Gasteiger partial charge in [0.2, 0.25) is 5.91 Å². The second-order valence-electron chi connectivity index (χ2n) is 5.44. The highest BCUT2D eigenvalue weighted by atomic mass is 16.2. The first-order chi connectivity index (χ1) is 11.2. The van der Waals surface area contributed by atoms with Crippen LogP contribution in [-0.2, 0) is 11.2 Å². The van der Waals surface area contributed by atoms with E-state index in [9.17, 15) is 4.79 Å². The summed E-state index contributed by atoms with van der Waals surface area (Å²) in [5, 5.41) is 11.8. The fourth-order valence-electron chi connectivity index (χ4n) is 2.62. The molecule has 0 aromatic heterocycles. The van der Waals surface area contributed by atoms with Gasteiger partial charge in [-0.2, -0.15) is 0 Å². The molecule has 4 heteroatoms. The van der Waals surface area contributed by atoms with Crippen LogP contribution >= 0.6 is 0 Å². The molecule has 0 spiro atoms. The fourth-order valence-corrected chi connectivity index (χ4v) is 2.62. The van der Waals surface area contributed by atoms with E-state index in [2.05, 4.69) is 16.9 Å². The van der Waals surface area contributed by atoms with Gasteiger partial charge in [0.05, 0.1) is 5.69 Å². The number of amides is 1. The second kappa shape index (κ2) is 6.58. The van der Waals surface area contributed by atoms with Gasteiger partial charge in [0.25, 0.3) is 0 Å². The van der Waals surface area contributed by atoms with Gasteiger partial charge < -0.3 is 10.4 Å². The number of benzene rings is 2. The normalized spacial score (nSPS) is 16.4. The number of aliphatic hydroxyl groups excluding tert-OH is 1. The molecule has 1 atom stereocenters. The number of aliphatic imine (C=N–C) groups is 1. The molecule has 0 radical (unpaired) electrons. The van der Waals surface area contributed by atoms with Crippen molar-refractivity contribution in [1.29, 1.82) is 0 Å². The Balaban J connectivity index is 1.80. The summed E-state index contributed by atoms with van der Waals surface area (Å²) in [7, 11) is 0. The van der Waals surface area contributed by atoms with Crippen LogP contribution in [0.25, 0.3) is 6.08 Å². The molecule has 0 bridgehead atoms. The third-order valence-corrected chi connectivity index (χ3v) is 3.90. The topological polar surface area (TPSA) is 61.7 Å². The van der Waals surface area contributed by atoms with E-state index in [1.165, 1.54) is 0 Å². The van der Waals surface area contributed by atoms with Crippen LogP contribution in [0.2, 0.25) is 0 Å². The van der Waals surface area contributed by atoms with Crippen molar-refractivity contribution in [2.45, 2.75) is 12.3 Å². The van der Waals surface area contributed by atoms with E-state index < -0.39 is 0 Å². The van der Waals surface area contributed by atoms with Gasteiger partial charge in [-0.15, -0.1) is 0 Å². The number of nitrogens with one attached hydrogen (secondary N) is 1. The summed E-state index contributed by atoms with van der Waals surface area (Å²) in [4.78, 5) is 16.5. The maximum Gasteiger partial charge on any atom is 0.237 e. The van der Waals surface area contributed by atoms with Crippen LogP contribution in [0.3, 0.4) is 0 Å². The lowest BCUT2D eigenvalue weighted by molar-refractivity contribution is -0.115. The van der Waals surface area contributed by atoms with Crippen LogP contribution in [0, 0.1) is 0 Å². The van der Waals surface area contributed by atoms with Crippen LogP contribution in [-0.4, -0.2) is 23.8 Å². The summed E-state index contributed by atoms with van der Waals surface area (Å²) >= 11 is 0. The van der Waals surface area contributed by atoms with Gasteiger partial charge in [-0.3, -0.25) is 9.79 Å². The zero-order chi connectivity index (χ0) is 16.2. The minimum absolute atomic E-state index is 0.0677. The number of fused-ring (bicyclic) bond motifs is 1. The molecule has 1 amide bonds. The summed E-state index contributed by atoms with van der Waals surface area (Å²) in [6, 6.07) is 13.4. The zero-order valence-electron chi connectivity index (χ0n) is 12.7. The molecule has 0 aliphatic carbocycles. The van der Waals surface area contributed by atoms with Crippen LogP contribution in [0.4, 0.5) is 11.4 Å². The summed E-state index contributed by atoms with van der Waals surface area (Å²) in [5.74, 6) is -0.442. The van der Waals surface area contributed by atoms with Crippen molar-refractivity contribution in [1.82, 2.24) is 0 Å². The Morgan fingerprint density at radius 2 is 2.00 bits per heavy atom. The lowest BCUT2D eigenvalue weighted by Crippen LogP contribution is -2.12. The highest BCUT2D eigenvalue weighted by Gasteiger charge is 2.28. The van der Waals surface area contributed by atoms with E-state index in [4.69, 9.17) is 5.11 Å². The average molecular weight is 306 g/mol. The predicted octanol–water partition coefficient (Wildman–Crippen LogP) is 3.30. The predicted molar refractivity (Wildman–Crippen MR) is 93.3 cm³/mol. The molecule has 1 unspecified atom stereocenters. The highest BCUT2D eigenvalue weighted by Crippen LogP contribution is 2.32. The van der Waals surface area contributed by atoms with E-state index >= 15 is 0 Å². The van der Waals surface area contributed by atoms with Crippen molar-refractivity contribution in [2.24, 2.45) is 4.99 Å². The molecule has 23 heavy (non-hydrogen) atoms. The molecule has 2 N–H and O–H groups in total. The number of aliphatic hydroxyl groups is 1. The summed E-state index contributed by atoms with van der Waals surface area (Å²) < 4.78 is 0. The zero-order valence-corrected chi connectivity index (χ0v) is 12.7. The third-order valence-electron chi connectivity index (χ3n) is 3.90. The number of carbonyl (C=O) groups excluding carboxylic acids is 1. The summed E-state index contributed by atoms with van der Waals surface area (Å²) in [5.41, 5.74) is 4.58. The van der Waals surface area contributed by atoms with Crippen molar-refractivity contribution in [2.75, 3.05) is 11.9 Å². The standard InChI is InChI=1S/C19H18N2O2/c1-2-13-5-8-16-17(19(23)21-18(16)11-13)12-20-15-6-3-14(4-7-15)9-10-22/h2-8,11-12,17,22H,1,9-10H2,(H,21,23). The lowest BCUT2D eigenvalue weighted by Gasteiger charge is -2.03. The first-order valence-electron chi connectivity index (χ1n) is 7.52. The van der Waals surface area contributed by atoms with E-state index in [0.717, 1.165) is 28.1 Å². The molecular weight excluding hydrogens is 288 g/mol. The van der Waals surface area contributed by atoms with E-state index in [1.807, 2.05) is 42.5 Å². The van der Waals surface area contributed by atoms with Crippen LogP contribution < -0.4 is 5.32 Å². The molecule has 3 rings (SSSR count). The molecule has 0 fully saturated rings. The SMILES string of the molecule is C=Cc1ccc2c(c1)NC(=O)C2C=Nc1ccc(CCO)cc1. The molecule has 0 saturated carbocycles. The van der Waals surface area contributed by atoms with Crippen molar-refractivity contribution < 1.29 is 9.90 Å². The fraction of sp³-hybridized carbons (Fsp3) is 0.158. The Morgan fingerprint density at radius 3 is 2.70 bits per heavy atom. The Bertz CT molecular complexity index is 763. The summed E-state index contributed by atoms with van der Waals surface area (Å²) in [6.07, 6.45) is 4.06. The van der Waals surface area contributed by atoms with E-state index in [-0.39, 0.29) is 18.4 Å².